The second-order valence-corrected chi connectivity index (χ2v) is 10.2. The fourth-order valence-electron chi connectivity index (χ4n) is 3.56. The molecule has 0 unspecified atom stereocenters. The minimum absolute atomic E-state index is 0.0375. The molecule has 0 heterocycles. The van der Waals surface area contributed by atoms with Crippen molar-refractivity contribution in [3.63, 3.8) is 0 Å². The van der Waals surface area contributed by atoms with Gasteiger partial charge in [-0.15, -0.1) is 4.33 Å². The Morgan fingerprint density at radius 3 is 2.35 bits per heavy atom. The summed E-state index contributed by atoms with van der Waals surface area (Å²) < 4.78 is 43.7. The largest absolute Gasteiger partial charge is 0.489 e. The molecule has 0 aliphatic rings. The Morgan fingerprint density at radius 1 is 0.975 bits per heavy atom. The molecule has 0 fully saturated rings. The van der Waals surface area contributed by atoms with E-state index in [1.54, 1.807) is 54.6 Å². The first-order valence-electron chi connectivity index (χ1n) is 11.3. The maximum atomic E-state index is 12.6. The predicted octanol–water partition coefficient (Wildman–Crippen LogP) is 5.14. The quantitative estimate of drug-likeness (QED) is 0.0389. The maximum Gasteiger partial charge on any atom is 0.295 e. The lowest BCUT2D eigenvalue weighted by molar-refractivity contribution is -0.432. The van der Waals surface area contributed by atoms with Crippen molar-refractivity contribution < 1.29 is 42.2 Å². The number of rotatable bonds is 11. The number of carbonyl (C=O) groups excluding carboxylic acids is 1. The fourth-order valence-corrected chi connectivity index (χ4v) is 4.81. The van der Waals surface area contributed by atoms with Crippen LogP contribution >= 0.6 is 12.0 Å². The third-order valence-corrected chi connectivity index (χ3v) is 6.78. The lowest BCUT2D eigenvalue weighted by Gasteiger charge is -2.12. The Morgan fingerprint density at radius 2 is 1.68 bits per heavy atom. The van der Waals surface area contributed by atoms with Crippen LogP contribution in [0.25, 0.3) is 10.8 Å². The molecule has 1 amide bonds. The minimum Gasteiger partial charge on any atom is -0.489 e. The molecule has 0 saturated heterocycles. The number of nitrogens with one attached hydrogen (secondary N) is 1. The van der Waals surface area contributed by atoms with Crippen molar-refractivity contribution in [2.75, 3.05) is 24.3 Å². The molecule has 0 aliphatic carbocycles. The van der Waals surface area contributed by atoms with Gasteiger partial charge in [-0.2, -0.15) is 18.6 Å². The average molecular weight is 587 g/mol. The van der Waals surface area contributed by atoms with Crippen LogP contribution in [0.15, 0.2) is 92.8 Å². The summed E-state index contributed by atoms with van der Waals surface area (Å²) >= 11 is 0.540. The second-order valence-electron chi connectivity index (χ2n) is 8.06. The molecule has 0 radical (unpaired) electrons. The van der Waals surface area contributed by atoms with Gasteiger partial charge in [-0.05, 0) is 66.0 Å². The Kier molecular flexibility index (Phi) is 9.28. The first-order valence-corrected chi connectivity index (χ1v) is 13.5. The lowest BCUT2D eigenvalue weighted by Crippen LogP contribution is -2.13. The highest BCUT2D eigenvalue weighted by Crippen LogP contribution is 2.34. The maximum absolute atomic E-state index is 12.6. The molecule has 4 aromatic carbocycles. The van der Waals surface area contributed by atoms with Gasteiger partial charge in [0.25, 0.3) is 16.0 Å². The van der Waals surface area contributed by atoms with Crippen LogP contribution in [0.5, 0.6) is 5.75 Å². The molecule has 40 heavy (non-hydrogen) atoms. The van der Waals surface area contributed by atoms with Crippen LogP contribution in [-0.4, -0.2) is 42.5 Å². The van der Waals surface area contributed by atoms with Crippen LogP contribution in [0.1, 0.15) is 10.4 Å². The molecule has 0 aliphatic heterocycles. The summed E-state index contributed by atoms with van der Waals surface area (Å²) in [6.45, 7) is -0.298. The van der Waals surface area contributed by atoms with E-state index in [1.165, 1.54) is 12.1 Å². The van der Waals surface area contributed by atoms with Gasteiger partial charge in [-0.1, -0.05) is 11.1 Å². The van der Waals surface area contributed by atoms with E-state index in [0.717, 1.165) is 6.07 Å². The smallest absolute Gasteiger partial charge is 0.295 e. The molecule has 0 saturated carbocycles. The Labute approximate surface area is 232 Å². The number of ether oxygens (including phenoxy) is 1. The molecule has 15 heteroatoms. The topological polar surface area (TPSA) is 202 Å². The van der Waals surface area contributed by atoms with E-state index < -0.39 is 20.9 Å². The fraction of sp³-hybridized carbons (Fsp3) is 0.0800. The number of benzene rings is 4. The van der Waals surface area contributed by atoms with Crippen LogP contribution in [0.2, 0.25) is 0 Å². The molecule has 0 spiro atoms. The number of azo groups is 1. The van der Waals surface area contributed by atoms with Crippen LogP contribution in [0, 0.1) is 0 Å². The number of fused-ring (bicyclic) bond motifs is 1. The van der Waals surface area contributed by atoms with Crippen molar-refractivity contribution in [2.24, 2.45) is 10.2 Å². The number of anilines is 2. The van der Waals surface area contributed by atoms with E-state index in [-0.39, 0.29) is 34.9 Å². The van der Waals surface area contributed by atoms with Gasteiger partial charge < -0.3 is 20.9 Å². The highest BCUT2D eigenvalue weighted by atomic mass is 32.2. The summed E-state index contributed by atoms with van der Waals surface area (Å²) in [5.41, 5.74) is 7.51. The number of nitrogen functional groups attached to an aromatic ring is 1. The molecule has 0 bridgehead atoms. The van der Waals surface area contributed by atoms with Crippen molar-refractivity contribution in [2.45, 2.75) is 9.79 Å². The standard InChI is InChI=1S/C25H22N4O9S2/c26-17-4-1-15(2-5-17)25(31)27-22-8-7-19(13-23(22)36-10-9-30)29-28-18-6-3-16-11-20(39-38-37-32)14-24(21(16)12-18)40(33,34)35/h1-8,11-14,30,32H,9-10,26H2,(H,27,31)(H,33,34,35)/b29-28+. The summed E-state index contributed by atoms with van der Waals surface area (Å²) in [4.78, 5) is 12.5. The van der Waals surface area contributed by atoms with Gasteiger partial charge in [0.05, 0.1) is 35.7 Å². The Balaban J connectivity index is 1.62. The number of nitrogens with two attached hydrogens (primary N) is 1. The van der Waals surface area contributed by atoms with Crippen molar-refractivity contribution in [3.8, 4) is 5.75 Å². The first-order chi connectivity index (χ1) is 19.2. The number of aliphatic hydroxyl groups excluding tert-OH is 1. The lowest BCUT2D eigenvalue weighted by atomic mass is 10.1. The molecule has 0 aromatic heterocycles. The van der Waals surface area contributed by atoms with E-state index in [9.17, 15) is 22.9 Å². The van der Waals surface area contributed by atoms with E-state index in [2.05, 4.69) is 24.9 Å². The molecule has 0 atom stereocenters. The molecule has 6 N–H and O–H groups in total. The first kappa shape index (κ1) is 28.9. The number of carbonyl (C=O) groups is 1. The predicted molar refractivity (Wildman–Crippen MR) is 146 cm³/mol. The third kappa shape index (κ3) is 7.30. The van der Waals surface area contributed by atoms with Crippen LogP contribution in [0.4, 0.5) is 22.7 Å². The van der Waals surface area contributed by atoms with Gasteiger partial charge in [-0.3, -0.25) is 9.35 Å². The van der Waals surface area contributed by atoms with Crippen LogP contribution in [0.3, 0.4) is 0 Å². The molecule has 4 aromatic rings. The zero-order valence-electron chi connectivity index (χ0n) is 20.4. The molecule has 13 nitrogen and oxygen atoms in total. The average Bonchev–Trinajstić information content (AvgIpc) is 2.94. The second kappa shape index (κ2) is 12.8. The van der Waals surface area contributed by atoms with Crippen molar-refractivity contribution >= 4 is 61.6 Å². The van der Waals surface area contributed by atoms with Crippen molar-refractivity contribution in [3.05, 3.63) is 78.4 Å². The molecule has 4 rings (SSSR count). The highest BCUT2D eigenvalue weighted by Gasteiger charge is 2.17. The zero-order chi connectivity index (χ0) is 28.7. The summed E-state index contributed by atoms with van der Waals surface area (Å²) in [7, 11) is -4.63. The molecular formula is C25H22N4O9S2. The van der Waals surface area contributed by atoms with Crippen molar-refractivity contribution in [1.29, 1.82) is 0 Å². The summed E-state index contributed by atoms with van der Waals surface area (Å²) in [5, 5.41) is 32.7. The number of hydrogen-bond acceptors (Lipinski definition) is 12. The number of nitrogens with zero attached hydrogens (tertiary/aromatic N) is 2. The zero-order valence-corrected chi connectivity index (χ0v) is 22.1. The van der Waals surface area contributed by atoms with E-state index in [1.807, 2.05) is 0 Å². The van der Waals surface area contributed by atoms with Crippen LogP contribution in [-0.2, 0) is 19.5 Å². The number of amides is 1. The SMILES string of the molecule is Nc1ccc(C(=O)Nc2ccc(/N=N/c3ccc4cc(SOOO)cc(S(=O)(=O)O)c4c3)cc2OCCO)cc1. The van der Waals surface area contributed by atoms with Gasteiger partial charge >= 0.3 is 0 Å². The van der Waals surface area contributed by atoms with Gasteiger partial charge in [0.15, 0.2) is 0 Å². The van der Waals surface area contributed by atoms with Crippen LogP contribution < -0.4 is 15.8 Å². The third-order valence-electron chi connectivity index (χ3n) is 5.33. The Bertz CT molecular complexity index is 1660. The van der Waals surface area contributed by atoms with Gasteiger partial charge in [0, 0.05) is 27.6 Å². The summed E-state index contributed by atoms with van der Waals surface area (Å²) in [6, 6.07) is 18.3. The normalized spacial score (nSPS) is 11.7. The highest BCUT2D eigenvalue weighted by molar-refractivity contribution is 7.94. The van der Waals surface area contributed by atoms with Gasteiger partial charge in [0.1, 0.15) is 17.3 Å². The minimum atomic E-state index is -4.63. The monoisotopic (exact) mass is 586 g/mol. The Hall–Kier alpha value is -4.09. The van der Waals surface area contributed by atoms with Crippen molar-refractivity contribution in [1.82, 2.24) is 0 Å². The summed E-state index contributed by atoms with van der Waals surface area (Å²) in [6.07, 6.45) is 0. The molecule has 208 valence electrons. The van der Waals surface area contributed by atoms with Gasteiger partial charge in [-0.25, -0.2) is 5.26 Å². The van der Waals surface area contributed by atoms with E-state index in [4.69, 9.17) is 15.7 Å². The van der Waals surface area contributed by atoms with Gasteiger partial charge in [0.2, 0.25) is 0 Å². The van der Waals surface area contributed by atoms with E-state index in [0.29, 0.717) is 40.1 Å². The summed E-state index contributed by atoms with van der Waals surface area (Å²) in [5.74, 6) is -0.161. The number of hydrogen-bond donors (Lipinski definition) is 5. The van der Waals surface area contributed by atoms with E-state index >= 15 is 0 Å². The number of aliphatic hydroxyl groups is 1. The molecular weight excluding hydrogens is 564 g/mol.